The first-order valence-electron chi connectivity index (χ1n) is 8.11. The molecule has 126 valence electrons. The number of amides is 1. The summed E-state index contributed by atoms with van der Waals surface area (Å²) in [7, 11) is 0. The number of fused-ring (bicyclic) bond motifs is 1. The molecular weight excluding hydrogens is 310 g/mol. The van der Waals surface area contributed by atoms with Crippen LogP contribution in [0.15, 0.2) is 18.2 Å². The van der Waals surface area contributed by atoms with Crippen LogP contribution in [0.1, 0.15) is 47.3 Å². The van der Waals surface area contributed by atoms with Crippen LogP contribution < -0.4 is 0 Å². The smallest absolute Gasteiger partial charge is 0.348 e. The number of aryl methyl sites for hydroxylation is 1. The zero-order valence-corrected chi connectivity index (χ0v) is 15.0. The lowest BCUT2D eigenvalue weighted by molar-refractivity contribution is -0.133. The Morgan fingerprint density at radius 2 is 2.22 bits per heavy atom. The highest BCUT2D eigenvalue weighted by Gasteiger charge is 2.22. The van der Waals surface area contributed by atoms with Gasteiger partial charge in [0.25, 0.3) is 5.91 Å². The molecule has 0 fully saturated rings. The minimum Gasteiger partial charge on any atom is -0.451 e. The van der Waals surface area contributed by atoms with Gasteiger partial charge in [-0.15, -0.1) is 11.3 Å². The van der Waals surface area contributed by atoms with Gasteiger partial charge < -0.3 is 9.64 Å². The van der Waals surface area contributed by atoms with Crippen LogP contribution in [0.25, 0.3) is 0 Å². The van der Waals surface area contributed by atoms with E-state index in [2.05, 4.69) is 13.5 Å². The summed E-state index contributed by atoms with van der Waals surface area (Å²) in [5.74, 6) is 0.0957. The Morgan fingerprint density at radius 1 is 1.48 bits per heavy atom. The van der Waals surface area contributed by atoms with Gasteiger partial charge in [-0.25, -0.2) is 4.79 Å². The van der Waals surface area contributed by atoms with E-state index < -0.39 is 5.97 Å². The number of carbonyl (C=O) groups excluding carboxylic acids is 2. The Balaban J connectivity index is 1.92. The summed E-state index contributed by atoms with van der Waals surface area (Å²) < 4.78 is 5.21. The van der Waals surface area contributed by atoms with E-state index in [0.717, 1.165) is 18.4 Å². The lowest BCUT2D eigenvalue weighted by Gasteiger charge is -2.20. The second kappa shape index (κ2) is 7.77. The van der Waals surface area contributed by atoms with Crippen molar-refractivity contribution in [1.82, 2.24) is 4.90 Å². The Hall–Kier alpha value is -1.62. The normalized spacial score (nSPS) is 16.6. The molecule has 0 spiro atoms. The minimum absolute atomic E-state index is 0.182. The molecule has 1 aliphatic rings. The molecule has 1 amide bonds. The van der Waals surface area contributed by atoms with Gasteiger partial charge >= 0.3 is 5.97 Å². The summed E-state index contributed by atoms with van der Waals surface area (Å²) in [6.07, 6.45) is 3.24. The quantitative estimate of drug-likeness (QED) is 0.591. The topological polar surface area (TPSA) is 46.6 Å². The standard InChI is InChI=1S/C18H25NO3S/c1-5-19(10-12(2)3)17(20)11-22-18(21)16-9-14-8-13(4)6-7-15(14)23-16/h9,13H,2,5-8,10-11H2,1,3-4H3. The monoisotopic (exact) mass is 335 g/mol. The van der Waals surface area contributed by atoms with Crippen LogP contribution in [-0.2, 0) is 22.4 Å². The van der Waals surface area contributed by atoms with Gasteiger partial charge in [0.1, 0.15) is 4.88 Å². The van der Waals surface area contributed by atoms with Crippen LogP contribution in [0.2, 0.25) is 0 Å². The van der Waals surface area contributed by atoms with Crippen LogP contribution in [0.3, 0.4) is 0 Å². The molecule has 0 aromatic carbocycles. The molecule has 5 heteroatoms. The Morgan fingerprint density at radius 3 is 2.87 bits per heavy atom. The number of carbonyl (C=O) groups is 2. The third-order valence-corrected chi connectivity index (χ3v) is 5.27. The molecule has 0 aliphatic heterocycles. The highest BCUT2D eigenvalue weighted by atomic mass is 32.1. The summed E-state index contributed by atoms with van der Waals surface area (Å²) in [6, 6.07) is 1.94. The molecule has 1 aliphatic carbocycles. The third kappa shape index (κ3) is 4.67. The highest BCUT2D eigenvalue weighted by Crippen LogP contribution is 2.32. The third-order valence-electron chi connectivity index (χ3n) is 4.05. The SMILES string of the molecule is C=C(C)CN(CC)C(=O)COC(=O)c1cc2c(s1)CCC(C)C2. The van der Waals surface area contributed by atoms with Crippen molar-refractivity contribution in [2.75, 3.05) is 19.7 Å². The minimum atomic E-state index is -0.392. The second-order valence-corrected chi connectivity index (χ2v) is 7.48. The number of hydrogen-bond acceptors (Lipinski definition) is 4. The van der Waals surface area contributed by atoms with Crippen molar-refractivity contribution in [1.29, 1.82) is 0 Å². The molecule has 4 nitrogen and oxygen atoms in total. The zero-order chi connectivity index (χ0) is 17.0. The largest absolute Gasteiger partial charge is 0.451 e. The lowest BCUT2D eigenvalue weighted by Crippen LogP contribution is -2.35. The second-order valence-electron chi connectivity index (χ2n) is 6.35. The van der Waals surface area contributed by atoms with E-state index in [0.29, 0.717) is 23.9 Å². The molecule has 0 saturated heterocycles. The van der Waals surface area contributed by atoms with Crippen molar-refractivity contribution < 1.29 is 14.3 Å². The Bertz CT molecular complexity index is 605. The van der Waals surface area contributed by atoms with Gasteiger partial charge in [0.2, 0.25) is 0 Å². The fourth-order valence-electron chi connectivity index (χ4n) is 2.80. The maximum atomic E-state index is 12.2. The number of thiophene rings is 1. The molecule has 0 bridgehead atoms. The lowest BCUT2D eigenvalue weighted by atomic mass is 9.90. The number of ether oxygens (including phenoxy) is 1. The molecular formula is C18H25NO3S. The predicted molar refractivity (Wildman–Crippen MR) is 92.9 cm³/mol. The summed E-state index contributed by atoms with van der Waals surface area (Å²) in [6.45, 7) is 10.7. The van der Waals surface area contributed by atoms with Crippen LogP contribution in [0.4, 0.5) is 0 Å². The molecule has 0 N–H and O–H groups in total. The number of esters is 1. The van der Waals surface area contributed by atoms with Gasteiger partial charge in [-0.05, 0) is 50.7 Å². The predicted octanol–water partition coefficient (Wildman–Crippen LogP) is 3.45. The molecule has 1 unspecified atom stereocenters. The number of nitrogens with zero attached hydrogens (tertiary/aromatic N) is 1. The van der Waals surface area contributed by atoms with E-state index in [1.165, 1.54) is 28.2 Å². The van der Waals surface area contributed by atoms with Crippen LogP contribution >= 0.6 is 11.3 Å². The summed E-state index contributed by atoms with van der Waals surface area (Å²) >= 11 is 1.51. The molecule has 2 rings (SSSR count). The van der Waals surface area contributed by atoms with E-state index in [9.17, 15) is 9.59 Å². The highest BCUT2D eigenvalue weighted by molar-refractivity contribution is 7.14. The van der Waals surface area contributed by atoms with Crippen molar-refractivity contribution in [2.24, 2.45) is 5.92 Å². The molecule has 0 saturated carbocycles. The molecule has 1 heterocycles. The Labute approximate surface area is 142 Å². The maximum absolute atomic E-state index is 12.2. The van der Waals surface area contributed by atoms with Crippen molar-refractivity contribution >= 4 is 23.2 Å². The molecule has 1 aromatic heterocycles. The zero-order valence-electron chi connectivity index (χ0n) is 14.2. The average Bonchev–Trinajstić information content (AvgIpc) is 2.92. The van der Waals surface area contributed by atoms with E-state index in [1.807, 2.05) is 19.9 Å². The molecule has 1 atom stereocenters. The molecule has 0 radical (unpaired) electrons. The summed E-state index contributed by atoms with van der Waals surface area (Å²) in [5.41, 5.74) is 2.18. The van der Waals surface area contributed by atoms with Gasteiger partial charge in [0.15, 0.2) is 6.61 Å². The van der Waals surface area contributed by atoms with Gasteiger partial charge in [-0.2, -0.15) is 0 Å². The van der Waals surface area contributed by atoms with Gasteiger partial charge in [0, 0.05) is 18.0 Å². The maximum Gasteiger partial charge on any atom is 0.348 e. The van der Waals surface area contributed by atoms with E-state index in [4.69, 9.17) is 4.74 Å². The van der Waals surface area contributed by atoms with Crippen LogP contribution in [0.5, 0.6) is 0 Å². The fourth-order valence-corrected chi connectivity index (χ4v) is 3.90. The summed E-state index contributed by atoms with van der Waals surface area (Å²) in [5, 5.41) is 0. The van der Waals surface area contributed by atoms with E-state index >= 15 is 0 Å². The summed E-state index contributed by atoms with van der Waals surface area (Å²) in [4.78, 5) is 27.8. The van der Waals surface area contributed by atoms with Crippen molar-refractivity contribution in [3.05, 3.63) is 33.5 Å². The number of hydrogen-bond donors (Lipinski definition) is 0. The van der Waals surface area contributed by atoms with Crippen LogP contribution in [0, 0.1) is 5.92 Å². The average molecular weight is 335 g/mol. The van der Waals surface area contributed by atoms with Crippen molar-refractivity contribution in [3.63, 3.8) is 0 Å². The first-order chi connectivity index (χ1) is 10.9. The molecule has 23 heavy (non-hydrogen) atoms. The van der Waals surface area contributed by atoms with Crippen molar-refractivity contribution in [2.45, 2.75) is 40.0 Å². The van der Waals surface area contributed by atoms with Gasteiger partial charge in [0.05, 0.1) is 0 Å². The van der Waals surface area contributed by atoms with Gasteiger partial charge in [-0.3, -0.25) is 4.79 Å². The fraction of sp³-hybridized carbons (Fsp3) is 0.556. The van der Waals surface area contributed by atoms with Gasteiger partial charge in [-0.1, -0.05) is 19.1 Å². The van der Waals surface area contributed by atoms with E-state index in [1.54, 1.807) is 4.90 Å². The number of likely N-dealkylation sites (N-methyl/N-ethyl adjacent to an activating group) is 1. The molecule has 1 aromatic rings. The van der Waals surface area contributed by atoms with E-state index in [-0.39, 0.29) is 12.5 Å². The first kappa shape index (κ1) is 17.7. The Kier molecular flexibility index (Phi) is 5.99. The first-order valence-corrected chi connectivity index (χ1v) is 8.93. The number of rotatable bonds is 6. The van der Waals surface area contributed by atoms with Crippen LogP contribution in [-0.4, -0.2) is 36.5 Å². The van der Waals surface area contributed by atoms with Crippen molar-refractivity contribution in [3.8, 4) is 0 Å².